The van der Waals surface area contributed by atoms with Crippen LogP contribution in [0, 0.1) is 5.92 Å². The fourth-order valence-corrected chi connectivity index (χ4v) is 14.6. The summed E-state index contributed by atoms with van der Waals surface area (Å²) in [7, 11) is -0.932. The van der Waals surface area contributed by atoms with E-state index in [-0.39, 0.29) is 48.3 Å². The highest BCUT2D eigenvalue weighted by Gasteiger charge is 2.66. The van der Waals surface area contributed by atoms with Gasteiger partial charge in [-0.25, -0.2) is 0 Å². The second-order valence-electron chi connectivity index (χ2n) is 17.1. The molecule has 0 aliphatic carbocycles. The second kappa shape index (κ2) is 15.2. The molecule has 0 bridgehead atoms. The molecule has 1 N–H and O–H groups in total. The average Bonchev–Trinajstić information content (AvgIpc) is 3.68. The van der Waals surface area contributed by atoms with Crippen LogP contribution in [0.15, 0.2) is 121 Å². The van der Waals surface area contributed by atoms with Gasteiger partial charge in [0.2, 0.25) is 11.8 Å². The molecule has 59 heavy (non-hydrogen) atoms. The minimum Gasteiger partial charge on any atom is -0.497 e. The Morgan fingerprint density at radius 3 is 2.27 bits per heavy atom. The third-order valence-corrected chi connectivity index (χ3v) is 18.0. The zero-order valence-electron chi connectivity index (χ0n) is 34.1. The minimum absolute atomic E-state index is 0.000470. The number of aliphatic hydroxyl groups is 1. The molecule has 0 radical (unpaired) electrons. The van der Waals surface area contributed by atoms with E-state index in [9.17, 15) is 14.7 Å². The van der Waals surface area contributed by atoms with Crippen LogP contribution < -0.4 is 19.7 Å². The number of aryl methyl sites for hydroxylation is 1. The molecule has 1 fully saturated rings. The summed E-state index contributed by atoms with van der Waals surface area (Å²) in [6.45, 7) is 7.34. The fourth-order valence-electron chi connectivity index (χ4n) is 10.6. The summed E-state index contributed by atoms with van der Waals surface area (Å²) < 4.78 is 13.0. The first-order chi connectivity index (χ1) is 28.5. The standard InChI is InChI=1S/C49H51N3O6Si/c1-32-47(59(3,4)40-22-20-39(57-2)21-23-40)44(28-46(55)50-30-36-16-9-8-15-35(36)26-38(50)31-53)58-49(32)41-27-37(52-42-17-11-10-14-34(42)18-25-45(52)54)19-24-43(41)51(48(49)56)29-33-12-6-5-7-13-33/h5-17,19-24,27,32,38,44,47,53H,18,25-26,28-31H2,1-4H3/t32-,38-,44+,47-,49+/m0/s1. The second-order valence-corrected chi connectivity index (χ2v) is 21.8. The highest BCUT2D eigenvalue weighted by molar-refractivity contribution is 6.91. The van der Waals surface area contributed by atoms with Crippen LogP contribution in [-0.2, 0) is 50.7 Å². The van der Waals surface area contributed by atoms with E-state index in [1.54, 1.807) is 12.0 Å². The van der Waals surface area contributed by atoms with Crippen molar-refractivity contribution >= 4 is 48.0 Å². The lowest BCUT2D eigenvalue weighted by molar-refractivity contribution is -0.151. The topological polar surface area (TPSA) is 99.6 Å². The molecule has 10 heteroatoms. The van der Waals surface area contributed by atoms with Crippen molar-refractivity contribution in [2.75, 3.05) is 23.5 Å². The molecule has 1 spiro atoms. The van der Waals surface area contributed by atoms with E-state index in [1.165, 1.54) is 5.19 Å². The minimum atomic E-state index is -2.59. The summed E-state index contributed by atoms with van der Waals surface area (Å²) in [4.78, 5) is 49.6. The van der Waals surface area contributed by atoms with Gasteiger partial charge >= 0.3 is 0 Å². The van der Waals surface area contributed by atoms with Crippen molar-refractivity contribution < 1.29 is 29.0 Å². The molecule has 3 amide bonds. The van der Waals surface area contributed by atoms with E-state index in [4.69, 9.17) is 9.47 Å². The van der Waals surface area contributed by atoms with Crippen LogP contribution in [0.5, 0.6) is 5.75 Å². The van der Waals surface area contributed by atoms with E-state index in [2.05, 4.69) is 44.3 Å². The van der Waals surface area contributed by atoms with Crippen LogP contribution in [0.25, 0.3) is 0 Å². The molecule has 9 nitrogen and oxygen atoms in total. The quantitative estimate of drug-likeness (QED) is 0.156. The number of amides is 3. The number of aliphatic hydroxyl groups excluding tert-OH is 1. The number of nitrogens with zero attached hydrogens (tertiary/aromatic N) is 3. The molecule has 5 aromatic carbocycles. The van der Waals surface area contributed by atoms with E-state index in [0.29, 0.717) is 38.0 Å². The number of fused-ring (bicyclic) bond motifs is 4. The SMILES string of the molecule is COc1ccc([Si](C)(C)[C@@H]2[C@@H](CC(=O)N3Cc4ccccc4C[C@H]3CO)O[C@]3(C(=O)N(Cc4ccccc4)c4ccc(N5C(=O)CCc6ccccc65)cc43)[C@H]2C)cc1. The number of carbonyl (C=O) groups is 3. The molecule has 5 atom stereocenters. The maximum absolute atomic E-state index is 15.6. The van der Waals surface area contributed by atoms with Crippen LogP contribution >= 0.6 is 0 Å². The Morgan fingerprint density at radius 2 is 1.54 bits per heavy atom. The van der Waals surface area contributed by atoms with Gasteiger partial charge in [-0.2, -0.15) is 0 Å². The van der Waals surface area contributed by atoms with Crippen LogP contribution in [0.1, 0.15) is 47.6 Å². The Bertz CT molecular complexity index is 2420. The maximum Gasteiger partial charge on any atom is 0.264 e. The van der Waals surface area contributed by atoms with Gasteiger partial charge in [-0.1, -0.05) is 110 Å². The summed E-state index contributed by atoms with van der Waals surface area (Å²) >= 11 is 0. The number of anilines is 3. The number of benzene rings is 5. The van der Waals surface area contributed by atoms with Crippen molar-refractivity contribution in [3.05, 3.63) is 149 Å². The molecular weight excluding hydrogens is 755 g/mol. The Hall–Kier alpha value is -5.55. The Morgan fingerprint density at radius 1 is 0.847 bits per heavy atom. The number of carbonyl (C=O) groups excluding carboxylic acids is 3. The molecule has 4 aliphatic rings. The number of hydrogen-bond acceptors (Lipinski definition) is 6. The number of hydrogen-bond donors (Lipinski definition) is 1. The smallest absolute Gasteiger partial charge is 0.264 e. The van der Waals surface area contributed by atoms with Gasteiger partial charge in [0.1, 0.15) is 5.75 Å². The van der Waals surface area contributed by atoms with Gasteiger partial charge in [-0.05, 0) is 77.0 Å². The lowest BCUT2D eigenvalue weighted by Gasteiger charge is -2.39. The first kappa shape index (κ1) is 38.9. The Labute approximate surface area is 347 Å². The average molecular weight is 806 g/mol. The molecule has 302 valence electrons. The van der Waals surface area contributed by atoms with Crippen molar-refractivity contribution in [2.24, 2.45) is 5.92 Å². The molecule has 9 rings (SSSR count). The van der Waals surface area contributed by atoms with Crippen LogP contribution in [0.4, 0.5) is 17.1 Å². The number of ether oxygens (including phenoxy) is 2. The predicted octanol–water partition coefficient (Wildman–Crippen LogP) is 7.40. The normalized spacial score (nSPS) is 23.6. The Kier molecular flexibility index (Phi) is 10.1. The molecule has 1 saturated heterocycles. The number of para-hydroxylation sites is 1. The van der Waals surface area contributed by atoms with Crippen LogP contribution in [0.2, 0.25) is 18.6 Å². The molecule has 0 saturated carbocycles. The molecule has 0 aromatic heterocycles. The summed E-state index contributed by atoms with van der Waals surface area (Å²) in [6, 6.07) is 39.8. The van der Waals surface area contributed by atoms with Crippen molar-refractivity contribution in [1.29, 1.82) is 0 Å². The molecule has 4 aliphatic heterocycles. The summed E-state index contributed by atoms with van der Waals surface area (Å²) in [5.41, 5.74) is 5.68. The van der Waals surface area contributed by atoms with E-state index in [0.717, 1.165) is 44.9 Å². The van der Waals surface area contributed by atoms with Crippen molar-refractivity contribution in [3.63, 3.8) is 0 Å². The summed E-state index contributed by atoms with van der Waals surface area (Å²) in [6.07, 6.45) is 1.07. The third-order valence-electron chi connectivity index (χ3n) is 13.6. The van der Waals surface area contributed by atoms with E-state index >= 15 is 4.79 Å². The van der Waals surface area contributed by atoms with E-state index < -0.39 is 19.8 Å². The largest absolute Gasteiger partial charge is 0.497 e. The molecule has 0 unspecified atom stereocenters. The monoisotopic (exact) mass is 805 g/mol. The Balaban J connectivity index is 1.18. The first-order valence-electron chi connectivity index (χ1n) is 20.8. The van der Waals surface area contributed by atoms with Gasteiger partial charge in [-0.15, -0.1) is 0 Å². The van der Waals surface area contributed by atoms with Crippen LogP contribution in [-0.4, -0.2) is 61.7 Å². The summed E-state index contributed by atoms with van der Waals surface area (Å²) in [5.74, 6) is 0.140. The highest BCUT2D eigenvalue weighted by atomic mass is 28.3. The highest BCUT2D eigenvalue weighted by Crippen LogP contribution is 2.61. The van der Waals surface area contributed by atoms with Crippen molar-refractivity contribution in [1.82, 2.24) is 4.90 Å². The summed E-state index contributed by atoms with van der Waals surface area (Å²) in [5, 5.41) is 11.8. The van der Waals surface area contributed by atoms with E-state index in [1.807, 2.05) is 107 Å². The van der Waals surface area contributed by atoms with Gasteiger partial charge in [-0.3, -0.25) is 19.3 Å². The van der Waals surface area contributed by atoms with Gasteiger partial charge < -0.3 is 24.4 Å². The lowest BCUT2D eigenvalue weighted by atomic mass is 9.82. The molecule has 5 aromatic rings. The molecular formula is C49H51N3O6Si. The van der Waals surface area contributed by atoms with Gasteiger partial charge in [0.15, 0.2) is 5.60 Å². The zero-order chi connectivity index (χ0) is 41.1. The van der Waals surface area contributed by atoms with Gasteiger partial charge in [0, 0.05) is 30.1 Å². The van der Waals surface area contributed by atoms with Gasteiger partial charge in [0.05, 0.1) is 58.3 Å². The van der Waals surface area contributed by atoms with Crippen LogP contribution in [0.3, 0.4) is 0 Å². The zero-order valence-corrected chi connectivity index (χ0v) is 35.1. The van der Waals surface area contributed by atoms with Crippen molar-refractivity contribution in [2.45, 2.75) is 82.1 Å². The van der Waals surface area contributed by atoms with Crippen molar-refractivity contribution in [3.8, 4) is 5.75 Å². The predicted molar refractivity (Wildman–Crippen MR) is 232 cm³/mol. The maximum atomic E-state index is 15.6. The fraction of sp³-hybridized carbons (Fsp3) is 0.327. The first-order valence-corrected chi connectivity index (χ1v) is 23.8. The van der Waals surface area contributed by atoms with Gasteiger partial charge in [0.25, 0.3) is 5.91 Å². The third kappa shape index (κ3) is 6.49. The number of rotatable bonds is 9. The lowest BCUT2D eigenvalue weighted by Crippen LogP contribution is -2.52. The number of methoxy groups -OCH3 is 1. The molecule has 4 heterocycles.